The number of nitrogens with zero attached hydrogens (tertiary/aromatic N) is 2. The molecule has 230 valence electrons. The molecule has 2 saturated heterocycles. The van der Waals surface area contributed by atoms with Crippen LogP contribution in [0.15, 0.2) is 24.3 Å². The van der Waals surface area contributed by atoms with E-state index < -0.39 is 17.2 Å². The van der Waals surface area contributed by atoms with Gasteiger partial charge in [0.25, 0.3) is 5.91 Å². The van der Waals surface area contributed by atoms with Crippen molar-refractivity contribution >= 4 is 30.1 Å². The Labute approximate surface area is 251 Å². The van der Waals surface area contributed by atoms with Gasteiger partial charge in [0.15, 0.2) is 0 Å². The third-order valence-electron chi connectivity index (χ3n) is 9.03. The van der Waals surface area contributed by atoms with Crippen LogP contribution in [0, 0.1) is 0 Å². The van der Waals surface area contributed by atoms with Crippen molar-refractivity contribution in [2.24, 2.45) is 0 Å². The molecule has 0 bridgehead atoms. The molecule has 41 heavy (non-hydrogen) atoms. The summed E-state index contributed by atoms with van der Waals surface area (Å²) in [5.41, 5.74) is 0.0603. The molecule has 10 heteroatoms. The van der Waals surface area contributed by atoms with Gasteiger partial charge in [0.05, 0.1) is 5.60 Å². The number of hydrogen-bond donors (Lipinski definition) is 3. The summed E-state index contributed by atoms with van der Waals surface area (Å²) in [6.07, 6.45) is 8.51. The fourth-order valence-electron chi connectivity index (χ4n) is 6.57. The first-order chi connectivity index (χ1) is 19.3. The molecule has 0 aromatic heterocycles. The fraction of sp³-hybridized carbons (Fsp3) is 0.710. The first-order valence-corrected chi connectivity index (χ1v) is 15.2. The number of rotatable bonds is 12. The van der Waals surface area contributed by atoms with Crippen LogP contribution < -0.4 is 10.6 Å². The lowest BCUT2D eigenvalue weighted by atomic mass is 9.77. The first kappa shape index (κ1) is 33.3. The molecule has 1 aliphatic carbocycles. The van der Waals surface area contributed by atoms with Crippen molar-refractivity contribution in [3.8, 4) is 0 Å². The highest BCUT2D eigenvalue weighted by atomic mass is 35.5. The second-order valence-corrected chi connectivity index (χ2v) is 12.0. The van der Waals surface area contributed by atoms with Crippen LogP contribution in [0.3, 0.4) is 0 Å². The minimum Gasteiger partial charge on any atom is -0.390 e. The van der Waals surface area contributed by atoms with Crippen molar-refractivity contribution in [3.63, 3.8) is 0 Å². The number of amides is 3. The molecule has 1 spiro atoms. The molecule has 1 aromatic rings. The predicted molar refractivity (Wildman–Crippen MR) is 161 cm³/mol. The number of carbonyl (C=O) groups is 3. The molecule has 2 heterocycles. The van der Waals surface area contributed by atoms with Gasteiger partial charge in [-0.2, -0.15) is 0 Å². The number of likely N-dealkylation sites (tertiary alicyclic amines) is 1. The fourth-order valence-corrected chi connectivity index (χ4v) is 6.57. The Bertz CT molecular complexity index is 1010. The molecule has 1 atom stereocenters. The summed E-state index contributed by atoms with van der Waals surface area (Å²) in [4.78, 5) is 44.0. The molecule has 0 radical (unpaired) electrons. The standard InChI is InChI=1S/C31H48N4O5.ClH/c1-3-4-18-35-28(37)26(22-30(39)13-6-5-7-14-30)33-29(38)31(35)15-19-34(20-16-31)23-24-9-11-25(12-10-24)27(36)32-17-8-21-40-2;/h9-12,26,39H,3-8,13-23H2,1-2H3,(H,32,36)(H,33,38);1H/t26-;/m1./s1. The number of carbonyl (C=O) groups excluding carboxylic acids is 3. The number of unbranched alkanes of at least 4 members (excludes halogenated alkanes) is 1. The number of piperazine rings is 1. The van der Waals surface area contributed by atoms with Gasteiger partial charge < -0.3 is 25.4 Å². The van der Waals surface area contributed by atoms with E-state index in [0.29, 0.717) is 70.5 Å². The van der Waals surface area contributed by atoms with E-state index in [-0.39, 0.29) is 30.1 Å². The van der Waals surface area contributed by atoms with Gasteiger partial charge in [-0.25, -0.2) is 0 Å². The van der Waals surface area contributed by atoms with Crippen LogP contribution in [0.25, 0.3) is 0 Å². The number of methoxy groups -OCH3 is 1. The third kappa shape index (κ3) is 8.21. The molecule has 2 aliphatic heterocycles. The second kappa shape index (κ2) is 15.3. The molecule has 3 amide bonds. The van der Waals surface area contributed by atoms with Gasteiger partial charge in [0.1, 0.15) is 11.6 Å². The number of aliphatic hydroxyl groups is 1. The van der Waals surface area contributed by atoms with E-state index in [9.17, 15) is 19.5 Å². The van der Waals surface area contributed by atoms with Crippen LogP contribution >= 0.6 is 12.4 Å². The molecule has 9 nitrogen and oxygen atoms in total. The van der Waals surface area contributed by atoms with Crippen molar-refractivity contribution in [3.05, 3.63) is 35.4 Å². The van der Waals surface area contributed by atoms with Gasteiger partial charge in [0.2, 0.25) is 11.8 Å². The van der Waals surface area contributed by atoms with Crippen LogP contribution in [0.4, 0.5) is 0 Å². The summed E-state index contributed by atoms with van der Waals surface area (Å²) in [7, 11) is 1.65. The zero-order valence-electron chi connectivity index (χ0n) is 24.8. The summed E-state index contributed by atoms with van der Waals surface area (Å²) < 4.78 is 5.02. The van der Waals surface area contributed by atoms with E-state index in [2.05, 4.69) is 22.5 Å². The van der Waals surface area contributed by atoms with Crippen LogP contribution in [-0.4, -0.2) is 89.7 Å². The van der Waals surface area contributed by atoms with Gasteiger partial charge in [-0.05, 0) is 56.2 Å². The van der Waals surface area contributed by atoms with Crippen LogP contribution in [0.5, 0.6) is 0 Å². The number of hydrogen-bond acceptors (Lipinski definition) is 6. The van der Waals surface area contributed by atoms with Gasteiger partial charge in [-0.1, -0.05) is 44.7 Å². The molecule has 1 saturated carbocycles. The van der Waals surface area contributed by atoms with Gasteiger partial charge in [-0.15, -0.1) is 12.4 Å². The van der Waals surface area contributed by atoms with E-state index in [1.165, 1.54) is 0 Å². The maximum atomic E-state index is 13.8. The Morgan fingerprint density at radius 3 is 2.39 bits per heavy atom. The minimum absolute atomic E-state index is 0. The SMILES string of the molecule is CCCCN1C(=O)[C@@H](CC2(O)CCCCC2)NC(=O)C12CCN(Cc1ccc(C(=O)NCCCOC)cc1)CC2.Cl. The van der Waals surface area contributed by atoms with Gasteiger partial charge in [-0.3, -0.25) is 19.3 Å². The van der Waals surface area contributed by atoms with E-state index in [4.69, 9.17) is 4.74 Å². The number of benzene rings is 1. The van der Waals surface area contributed by atoms with E-state index in [1.54, 1.807) is 7.11 Å². The summed E-state index contributed by atoms with van der Waals surface area (Å²) in [5, 5.41) is 17.1. The number of halogens is 1. The molecule has 4 rings (SSSR count). The Kier molecular flexibility index (Phi) is 12.4. The maximum absolute atomic E-state index is 13.8. The zero-order valence-corrected chi connectivity index (χ0v) is 25.6. The van der Waals surface area contributed by atoms with Gasteiger partial charge in [0, 0.05) is 58.4 Å². The Hall–Kier alpha value is -2.20. The molecular formula is C31H49ClN4O5. The Balaban J connectivity index is 0.00000462. The summed E-state index contributed by atoms with van der Waals surface area (Å²) in [6, 6.07) is 7.03. The summed E-state index contributed by atoms with van der Waals surface area (Å²) in [5.74, 6) is -0.179. The molecule has 3 N–H and O–H groups in total. The van der Waals surface area contributed by atoms with Crippen molar-refractivity contribution < 1.29 is 24.2 Å². The lowest BCUT2D eigenvalue weighted by Gasteiger charge is -2.52. The smallest absolute Gasteiger partial charge is 0.251 e. The lowest BCUT2D eigenvalue weighted by Crippen LogP contribution is -2.73. The average molecular weight is 593 g/mol. The second-order valence-electron chi connectivity index (χ2n) is 12.0. The average Bonchev–Trinajstić information content (AvgIpc) is 2.96. The Morgan fingerprint density at radius 1 is 1.07 bits per heavy atom. The van der Waals surface area contributed by atoms with Crippen molar-refractivity contribution in [2.75, 3.05) is 39.9 Å². The highest BCUT2D eigenvalue weighted by Gasteiger charge is 2.54. The van der Waals surface area contributed by atoms with E-state index in [0.717, 1.165) is 50.6 Å². The molecular weight excluding hydrogens is 544 g/mol. The monoisotopic (exact) mass is 592 g/mol. The molecule has 3 fully saturated rings. The topological polar surface area (TPSA) is 111 Å². The van der Waals surface area contributed by atoms with Crippen molar-refractivity contribution in [1.82, 2.24) is 20.4 Å². The van der Waals surface area contributed by atoms with E-state index in [1.807, 2.05) is 29.2 Å². The van der Waals surface area contributed by atoms with Crippen molar-refractivity contribution in [1.29, 1.82) is 0 Å². The molecule has 0 unspecified atom stereocenters. The molecule has 3 aliphatic rings. The highest BCUT2D eigenvalue weighted by molar-refractivity contribution is 6.00. The zero-order chi connectivity index (χ0) is 28.6. The number of piperidine rings is 1. The van der Waals surface area contributed by atoms with Crippen LogP contribution in [0.2, 0.25) is 0 Å². The van der Waals surface area contributed by atoms with E-state index >= 15 is 0 Å². The number of ether oxygens (including phenoxy) is 1. The summed E-state index contributed by atoms with van der Waals surface area (Å²) in [6.45, 7) is 6.02. The minimum atomic E-state index is -0.865. The third-order valence-corrected chi connectivity index (χ3v) is 9.03. The predicted octanol–water partition coefficient (Wildman–Crippen LogP) is 3.42. The lowest BCUT2D eigenvalue weighted by molar-refractivity contribution is -0.163. The molecule has 1 aromatic carbocycles. The van der Waals surface area contributed by atoms with Crippen LogP contribution in [0.1, 0.15) is 93.5 Å². The quantitative estimate of drug-likeness (QED) is 0.321. The van der Waals surface area contributed by atoms with Gasteiger partial charge >= 0.3 is 0 Å². The first-order valence-electron chi connectivity index (χ1n) is 15.2. The van der Waals surface area contributed by atoms with Crippen LogP contribution in [-0.2, 0) is 20.9 Å². The van der Waals surface area contributed by atoms with Crippen molar-refractivity contribution in [2.45, 2.75) is 101 Å². The maximum Gasteiger partial charge on any atom is 0.251 e. The Morgan fingerprint density at radius 2 is 1.76 bits per heavy atom. The number of nitrogens with one attached hydrogen (secondary N) is 2. The highest BCUT2D eigenvalue weighted by Crippen LogP contribution is 2.37. The normalized spacial score (nSPS) is 22.2. The largest absolute Gasteiger partial charge is 0.390 e. The summed E-state index contributed by atoms with van der Waals surface area (Å²) >= 11 is 0.